The Kier molecular flexibility index (Phi) is 3.67. The van der Waals surface area contributed by atoms with Gasteiger partial charge in [0.05, 0.1) is 45.6 Å². The van der Waals surface area contributed by atoms with Gasteiger partial charge in [-0.25, -0.2) is 0 Å². The van der Waals surface area contributed by atoms with Crippen molar-refractivity contribution in [3.8, 4) is 34.4 Å². The van der Waals surface area contributed by atoms with Gasteiger partial charge in [-0.2, -0.15) is 15.0 Å². The van der Waals surface area contributed by atoms with Gasteiger partial charge < -0.3 is 4.42 Å². The number of benzene rings is 6. The van der Waals surface area contributed by atoms with Crippen molar-refractivity contribution >= 4 is 60.7 Å². The number of hydrogen-bond acceptors (Lipinski definition) is 4. The van der Waals surface area contributed by atoms with E-state index in [9.17, 15) is 5.48 Å². The molecule has 51 heavy (non-hydrogen) atoms. The van der Waals surface area contributed by atoms with E-state index in [0.29, 0.717) is 16.6 Å². The lowest BCUT2D eigenvalue weighted by Crippen LogP contribution is -2.11. The van der Waals surface area contributed by atoms with Gasteiger partial charge in [-0.1, -0.05) is 121 Å². The molecule has 0 saturated carbocycles. The third-order valence-corrected chi connectivity index (χ3v) is 9.11. The molecule has 2 unspecified atom stereocenters. The van der Waals surface area contributed by atoms with E-state index in [2.05, 4.69) is 0 Å². The molecule has 2 atom stereocenters. The lowest BCUT2D eigenvalue weighted by atomic mass is 10.0. The van der Waals surface area contributed by atoms with Gasteiger partial charge in [-0.15, -0.1) is 0 Å². The van der Waals surface area contributed by atoms with Crippen LogP contribution in [0.4, 0.5) is 0 Å². The Morgan fingerprint density at radius 3 is 1.86 bits per heavy atom. The molecule has 4 aromatic heterocycles. The number of hydrogen-bond donors (Lipinski definition) is 0. The number of para-hydroxylation sites is 5. The fourth-order valence-electron chi connectivity index (χ4n) is 6.93. The van der Waals surface area contributed by atoms with Crippen molar-refractivity contribution in [1.29, 1.82) is 0 Å². The lowest BCUT2D eigenvalue weighted by molar-refractivity contribution is 0.670. The maximum absolute atomic E-state index is 9.20. The summed E-state index contributed by atoms with van der Waals surface area (Å²) in [7, 11) is 0. The van der Waals surface area contributed by atoms with Crippen molar-refractivity contribution in [3.63, 3.8) is 0 Å². The van der Waals surface area contributed by atoms with E-state index in [4.69, 9.17) is 34.4 Å². The van der Waals surface area contributed by atoms with Crippen LogP contribution in [0.15, 0.2) is 150 Å². The number of fused-ring (bicyclic) bond motifs is 9. The van der Waals surface area contributed by atoms with Crippen LogP contribution in [0.2, 0.25) is 0 Å². The summed E-state index contributed by atoms with van der Waals surface area (Å²) in [5, 5.41) is 0.771. The Morgan fingerprint density at radius 1 is 0.569 bits per heavy atom. The molecule has 0 bridgehead atoms. The third-order valence-electron chi connectivity index (χ3n) is 9.11. The standard InChI is InChI=1S/C45H29N5O/c1-2-14-28(15-3-1)29-20-12-21-34-35-22-13-23-36(42(35)51-41(29)34)43-46-44(49-37-24-8-4-16-30(37)31-17-5-9-25-38(31)49)48-45(47-43)50-39-26-10-6-18-32(39)33-19-7-11-27-40(33)50/h1-6,8-18,20-27H,7,19H2/i4D,5D,6D,7D,8D,9D,10D,16D,17D,18D,19D,24D,25D,26D,27D. The van der Waals surface area contributed by atoms with Gasteiger partial charge in [0, 0.05) is 35.2 Å². The number of aryl methyl sites for hydroxylation is 1. The van der Waals surface area contributed by atoms with Gasteiger partial charge in [0.25, 0.3) is 0 Å². The topological polar surface area (TPSA) is 61.7 Å². The molecule has 6 heteroatoms. The second-order valence-corrected chi connectivity index (χ2v) is 11.9. The SMILES string of the molecule is [2H]C1=CC([2H])C([2H])c2c1n(-c1nc(-c3cccc4c3oc3c(-c5ccccc5)cccc34)nc(-n3c4c([2H])c([2H])c([2H])c([2H])c4c4c([2H])c([2H])c([2H])c([2H])c43)n1)c1c([2H])c([2H])c([2H])c([2H])c21. The van der Waals surface area contributed by atoms with Gasteiger partial charge >= 0.3 is 0 Å². The predicted octanol–water partition coefficient (Wildman–Crippen LogP) is 11.1. The Bertz CT molecular complexity index is 3780. The predicted molar refractivity (Wildman–Crippen MR) is 207 cm³/mol. The summed E-state index contributed by atoms with van der Waals surface area (Å²) in [6.07, 6.45) is -1.51. The van der Waals surface area contributed by atoms with Crippen molar-refractivity contribution in [2.75, 3.05) is 0 Å². The van der Waals surface area contributed by atoms with Crippen molar-refractivity contribution in [2.24, 2.45) is 0 Å². The quantitative estimate of drug-likeness (QED) is 0.187. The van der Waals surface area contributed by atoms with Gasteiger partial charge in [-0.3, -0.25) is 9.13 Å². The first-order chi connectivity index (χ1) is 31.5. The summed E-state index contributed by atoms with van der Waals surface area (Å²) >= 11 is 0. The minimum atomic E-state index is -1.43. The zero-order valence-electron chi connectivity index (χ0n) is 41.2. The first kappa shape index (κ1) is 17.2. The summed E-state index contributed by atoms with van der Waals surface area (Å²) in [6.45, 7) is 0. The molecule has 6 aromatic carbocycles. The number of aromatic nitrogens is 5. The molecular weight excluding hydrogens is 627 g/mol. The van der Waals surface area contributed by atoms with Crippen LogP contribution < -0.4 is 0 Å². The van der Waals surface area contributed by atoms with E-state index < -0.39 is 97.2 Å². The van der Waals surface area contributed by atoms with E-state index in [1.807, 2.05) is 54.6 Å². The molecule has 6 nitrogen and oxygen atoms in total. The van der Waals surface area contributed by atoms with Crippen LogP contribution in [0.25, 0.3) is 95.1 Å². The normalized spacial score (nSPS) is 20.1. The maximum atomic E-state index is 9.20. The van der Waals surface area contributed by atoms with Crippen LogP contribution >= 0.6 is 0 Å². The van der Waals surface area contributed by atoms with Crippen LogP contribution in [-0.4, -0.2) is 24.1 Å². The van der Waals surface area contributed by atoms with Gasteiger partial charge in [0.1, 0.15) is 11.2 Å². The molecule has 0 saturated heterocycles. The average molecular weight is 671 g/mol. The first-order valence-electron chi connectivity index (χ1n) is 23.6. The van der Waals surface area contributed by atoms with E-state index >= 15 is 0 Å². The summed E-state index contributed by atoms with van der Waals surface area (Å²) in [5.41, 5.74) is 1.79. The average Bonchev–Trinajstić information content (AvgIpc) is 4.01. The molecule has 0 aliphatic heterocycles. The van der Waals surface area contributed by atoms with Crippen molar-refractivity contribution in [1.82, 2.24) is 24.1 Å². The Morgan fingerprint density at radius 2 is 1.16 bits per heavy atom. The molecule has 4 heterocycles. The highest BCUT2D eigenvalue weighted by Gasteiger charge is 2.24. The highest BCUT2D eigenvalue weighted by molar-refractivity contribution is 6.13. The van der Waals surface area contributed by atoms with Gasteiger partial charge in [-0.05, 0) is 54.2 Å². The Balaban J connectivity index is 1.34. The molecule has 0 radical (unpaired) electrons. The van der Waals surface area contributed by atoms with Crippen molar-refractivity contribution in [2.45, 2.75) is 12.8 Å². The first-order valence-corrected chi connectivity index (χ1v) is 16.0. The third kappa shape index (κ3) is 4.14. The zero-order valence-corrected chi connectivity index (χ0v) is 26.2. The fourth-order valence-corrected chi connectivity index (χ4v) is 6.93. The molecule has 0 N–H and O–H groups in total. The monoisotopic (exact) mass is 670 g/mol. The summed E-state index contributed by atoms with van der Waals surface area (Å²) < 4.78 is 142. The number of allylic oxidation sites excluding steroid dienone is 1. The molecule has 11 rings (SSSR count). The fraction of sp³-hybridized carbons (Fsp3) is 0.0444. The summed E-state index contributed by atoms with van der Waals surface area (Å²) in [4.78, 5) is 14.6. The second-order valence-electron chi connectivity index (χ2n) is 11.9. The molecule has 10 aromatic rings. The number of furan rings is 1. The van der Waals surface area contributed by atoms with Crippen LogP contribution in [0, 0.1) is 0 Å². The molecule has 1 aliphatic carbocycles. The van der Waals surface area contributed by atoms with Gasteiger partial charge in [0.15, 0.2) is 5.82 Å². The molecule has 1 aliphatic rings. The molecular formula is C45H29N5O. The Hall–Kier alpha value is -6.79. The molecule has 0 amide bonds. The zero-order chi connectivity index (χ0) is 46.5. The van der Waals surface area contributed by atoms with Crippen molar-refractivity contribution in [3.05, 3.63) is 157 Å². The molecule has 0 fully saturated rings. The van der Waals surface area contributed by atoms with E-state index in [1.165, 1.54) is 10.6 Å². The summed E-state index contributed by atoms with van der Waals surface area (Å²) in [6, 6.07) is 12.8. The maximum Gasteiger partial charge on any atom is 0.240 e. The lowest BCUT2D eigenvalue weighted by Gasteiger charge is -2.14. The van der Waals surface area contributed by atoms with Gasteiger partial charge in [0.2, 0.25) is 11.9 Å². The van der Waals surface area contributed by atoms with Crippen LogP contribution in [0.3, 0.4) is 0 Å². The highest BCUT2D eigenvalue weighted by atomic mass is 16.3. The number of rotatable bonds is 4. The van der Waals surface area contributed by atoms with Crippen LogP contribution in [0.1, 0.15) is 38.2 Å². The van der Waals surface area contributed by atoms with Crippen LogP contribution in [-0.2, 0) is 6.40 Å². The Labute approximate surface area is 313 Å². The van der Waals surface area contributed by atoms with E-state index in [0.717, 1.165) is 21.1 Å². The molecule has 240 valence electrons. The van der Waals surface area contributed by atoms with Crippen LogP contribution in [0.5, 0.6) is 0 Å². The highest BCUT2D eigenvalue weighted by Crippen LogP contribution is 2.40. The second kappa shape index (κ2) is 10.9. The minimum absolute atomic E-state index is 0.0408. The van der Waals surface area contributed by atoms with E-state index in [1.54, 1.807) is 12.1 Å². The summed E-state index contributed by atoms with van der Waals surface area (Å²) in [5.74, 6) is -0.984. The largest absolute Gasteiger partial charge is 0.455 e. The van der Waals surface area contributed by atoms with E-state index in [-0.39, 0.29) is 61.4 Å². The molecule has 0 spiro atoms. The minimum Gasteiger partial charge on any atom is -0.455 e. The number of nitrogens with zero attached hydrogens (tertiary/aromatic N) is 5. The van der Waals surface area contributed by atoms with Crippen molar-refractivity contribution < 1.29 is 25.0 Å². The smallest absolute Gasteiger partial charge is 0.240 e.